The van der Waals surface area contributed by atoms with E-state index in [1.165, 1.54) is 11.1 Å². The quantitative estimate of drug-likeness (QED) is 0.511. The molecule has 0 radical (unpaired) electrons. The second-order valence-electron chi connectivity index (χ2n) is 10.7. The number of likely N-dealkylation sites (N-methyl/N-ethyl adjacent to an activating group) is 1. The Balaban J connectivity index is 1.13. The van der Waals surface area contributed by atoms with E-state index in [2.05, 4.69) is 49.3 Å². The van der Waals surface area contributed by atoms with Crippen molar-refractivity contribution in [2.75, 3.05) is 58.9 Å². The average Bonchev–Trinajstić information content (AvgIpc) is 3.35. The number of aryl methyl sites for hydroxylation is 1. The van der Waals surface area contributed by atoms with Gasteiger partial charge in [0.05, 0.1) is 14.2 Å². The first-order valence-electron chi connectivity index (χ1n) is 13.5. The summed E-state index contributed by atoms with van der Waals surface area (Å²) < 4.78 is 12.9. The maximum atomic E-state index is 13.6. The standard InChI is InChI=1S/C27H36N8O3/c1-32-10-7-19-15-21(37-3)22(38-4)16-20(19)27(32)8-5-18(6-9-27)26(36)35-13-11-34(12-14-35)25-23-24(28-17-29-25)33(2)31-30-23/h15-18H,5-14H2,1-4H3/t18-,27+. The number of benzene rings is 1. The molecule has 4 heterocycles. The van der Waals surface area contributed by atoms with Crippen molar-refractivity contribution in [3.05, 3.63) is 29.6 Å². The molecule has 1 saturated heterocycles. The topological polar surface area (TPSA) is 102 Å². The molecule has 1 aliphatic carbocycles. The molecular weight excluding hydrogens is 484 g/mol. The number of methoxy groups -OCH3 is 2. The van der Waals surface area contributed by atoms with Crippen LogP contribution in [0.4, 0.5) is 5.82 Å². The van der Waals surface area contributed by atoms with Crippen LogP contribution in [0.2, 0.25) is 0 Å². The Hall–Kier alpha value is -3.47. The van der Waals surface area contributed by atoms with Crippen LogP contribution in [0.5, 0.6) is 11.5 Å². The van der Waals surface area contributed by atoms with E-state index in [-0.39, 0.29) is 17.4 Å². The Morgan fingerprint density at radius 3 is 2.39 bits per heavy atom. The number of amides is 1. The van der Waals surface area contributed by atoms with E-state index >= 15 is 0 Å². The van der Waals surface area contributed by atoms with E-state index < -0.39 is 0 Å². The minimum atomic E-state index is -0.0578. The van der Waals surface area contributed by atoms with Gasteiger partial charge in [-0.25, -0.2) is 14.6 Å². The van der Waals surface area contributed by atoms with E-state index in [1.54, 1.807) is 25.2 Å². The van der Waals surface area contributed by atoms with Crippen molar-refractivity contribution in [3.63, 3.8) is 0 Å². The van der Waals surface area contributed by atoms with Crippen molar-refractivity contribution in [3.8, 4) is 11.5 Å². The summed E-state index contributed by atoms with van der Waals surface area (Å²) >= 11 is 0. The zero-order valence-corrected chi connectivity index (χ0v) is 22.7. The van der Waals surface area contributed by atoms with Crippen molar-refractivity contribution < 1.29 is 14.3 Å². The summed E-state index contributed by atoms with van der Waals surface area (Å²) in [4.78, 5) is 29.1. The van der Waals surface area contributed by atoms with Crippen LogP contribution in [0.1, 0.15) is 36.8 Å². The van der Waals surface area contributed by atoms with Crippen LogP contribution >= 0.6 is 0 Å². The molecular formula is C27H36N8O3. The lowest BCUT2D eigenvalue weighted by molar-refractivity contribution is -0.138. The summed E-state index contributed by atoms with van der Waals surface area (Å²) in [6.45, 7) is 3.83. The van der Waals surface area contributed by atoms with Crippen LogP contribution in [0, 0.1) is 5.92 Å². The molecule has 0 bridgehead atoms. The average molecular weight is 521 g/mol. The number of carbonyl (C=O) groups excluding carboxylic acids is 1. The molecule has 11 heteroatoms. The van der Waals surface area contributed by atoms with Crippen LogP contribution in [0.15, 0.2) is 18.5 Å². The predicted octanol–water partition coefficient (Wildman–Crippen LogP) is 2.00. The number of ether oxygens (including phenoxy) is 2. The van der Waals surface area contributed by atoms with E-state index in [1.807, 2.05) is 11.9 Å². The van der Waals surface area contributed by atoms with Gasteiger partial charge in [-0.15, -0.1) is 5.10 Å². The number of fused-ring (bicyclic) bond motifs is 3. The molecule has 1 spiro atoms. The van der Waals surface area contributed by atoms with Gasteiger partial charge in [-0.2, -0.15) is 0 Å². The molecule has 0 atom stereocenters. The Morgan fingerprint density at radius 1 is 0.974 bits per heavy atom. The molecule has 6 rings (SSSR count). The molecule has 2 aliphatic heterocycles. The molecule has 1 aromatic carbocycles. The molecule has 2 aromatic heterocycles. The van der Waals surface area contributed by atoms with Crippen LogP contribution in [0.3, 0.4) is 0 Å². The Labute approximate surface area is 222 Å². The number of rotatable bonds is 4. The van der Waals surface area contributed by atoms with Gasteiger partial charge < -0.3 is 19.3 Å². The van der Waals surface area contributed by atoms with E-state index in [9.17, 15) is 4.79 Å². The van der Waals surface area contributed by atoms with Crippen molar-refractivity contribution in [1.29, 1.82) is 0 Å². The summed E-state index contributed by atoms with van der Waals surface area (Å²) in [5.74, 6) is 2.71. The van der Waals surface area contributed by atoms with Gasteiger partial charge in [0.15, 0.2) is 28.5 Å². The van der Waals surface area contributed by atoms with E-state index in [0.29, 0.717) is 18.6 Å². The maximum Gasteiger partial charge on any atom is 0.225 e. The van der Waals surface area contributed by atoms with Crippen molar-refractivity contribution in [2.24, 2.45) is 13.0 Å². The highest BCUT2D eigenvalue weighted by molar-refractivity contribution is 5.83. The summed E-state index contributed by atoms with van der Waals surface area (Å²) in [7, 11) is 7.44. The van der Waals surface area contributed by atoms with Crippen molar-refractivity contribution in [2.45, 2.75) is 37.6 Å². The van der Waals surface area contributed by atoms with Gasteiger partial charge >= 0.3 is 0 Å². The van der Waals surface area contributed by atoms with Crippen LogP contribution < -0.4 is 14.4 Å². The number of hydrogen-bond donors (Lipinski definition) is 0. The zero-order valence-electron chi connectivity index (χ0n) is 22.7. The predicted molar refractivity (Wildman–Crippen MR) is 142 cm³/mol. The highest BCUT2D eigenvalue weighted by Gasteiger charge is 2.46. The lowest BCUT2D eigenvalue weighted by Gasteiger charge is -2.50. The van der Waals surface area contributed by atoms with Gasteiger partial charge in [0, 0.05) is 51.2 Å². The fourth-order valence-electron chi connectivity index (χ4n) is 6.73. The largest absolute Gasteiger partial charge is 0.493 e. The number of anilines is 1. The first-order chi connectivity index (χ1) is 18.4. The van der Waals surface area contributed by atoms with Gasteiger partial charge in [0.2, 0.25) is 5.91 Å². The molecule has 3 aliphatic rings. The number of carbonyl (C=O) groups is 1. The molecule has 0 unspecified atom stereocenters. The lowest BCUT2D eigenvalue weighted by Crippen LogP contribution is -2.54. The molecule has 11 nitrogen and oxygen atoms in total. The Bertz CT molecular complexity index is 1340. The number of aromatic nitrogens is 5. The van der Waals surface area contributed by atoms with Gasteiger partial charge in [-0.05, 0) is 62.4 Å². The molecule has 1 saturated carbocycles. The molecule has 2 fully saturated rings. The molecule has 1 amide bonds. The van der Waals surface area contributed by atoms with Crippen LogP contribution in [-0.2, 0) is 23.8 Å². The van der Waals surface area contributed by atoms with Crippen molar-refractivity contribution >= 4 is 22.9 Å². The first-order valence-corrected chi connectivity index (χ1v) is 13.5. The number of hydrogen-bond acceptors (Lipinski definition) is 9. The minimum Gasteiger partial charge on any atom is -0.493 e. The summed E-state index contributed by atoms with van der Waals surface area (Å²) in [5, 5.41) is 8.34. The van der Waals surface area contributed by atoms with Gasteiger partial charge in [0.25, 0.3) is 0 Å². The Kier molecular flexibility index (Phi) is 6.33. The molecule has 0 N–H and O–H groups in total. The monoisotopic (exact) mass is 520 g/mol. The number of nitrogens with zero attached hydrogens (tertiary/aromatic N) is 8. The summed E-state index contributed by atoms with van der Waals surface area (Å²) in [5.41, 5.74) is 4.04. The third kappa shape index (κ3) is 3.95. The Morgan fingerprint density at radius 2 is 1.68 bits per heavy atom. The van der Waals surface area contributed by atoms with Gasteiger partial charge in [-0.3, -0.25) is 9.69 Å². The second kappa shape index (κ2) is 9.68. The zero-order chi connectivity index (χ0) is 26.4. The van der Waals surface area contributed by atoms with Gasteiger partial charge in [-0.1, -0.05) is 5.21 Å². The third-order valence-corrected chi connectivity index (χ3v) is 8.98. The summed E-state index contributed by atoms with van der Waals surface area (Å²) in [6.07, 6.45) is 6.27. The second-order valence-corrected chi connectivity index (χ2v) is 10.7. The fourth-order valence-corrected chi connectivity index (χ4v) is 6.73. The highest BCUT2D eigenvalue weighted by Crippen LogP contribution is 2.49. The smallest absolute Gasteiger partial charge is 0.225 e. The van der Waals surface area contributed by atoms with Crippen molar-refractivity contribution in [1.82, 2.24) is 34.8 Å². The van der Waals surface area contributed by atoms with Gasteiger partial charge in [0.1, 0.15) is 6.33 Å². The fraction of sp³-hybridized carbons (Fsp3) is 0.593. The molecule has 3 aromatic rings. The number of piperazine rings is 1. The highest BCUT2D eigenvalue weighted by atomic mass is 16.5. The summed E-state index contributed by atoms with van der Waals surface area (Å²) in [6, 6.07) is 4.32. The molecule has 202 valence electrons. The maximum absolute atomic E-state index is 13.6. The van der Waals surface area contributed by atoms with Crippen LogP contribution in [-0.4, -0.2) is 94.7 Å². The van der Waals surface area contributed by atoms with Crippen LogP contribution in [0.25, 0.3) is 11.2 Å². The van der Waals surface area contributed by atoms with E-state index in [4.69, 9.17) is 9.47 Å². The molecule has 38 heavy (non-hydrogen) atoms. The third-order valence-electron chi connectivity index (χ3n) is 8.98. The first kappa shape index (κ1) is 24.8. The normalized spacial score (nSPS) is 24.1. The SMILES string of the molecule is COc1cc2c(cc1OC)[C@]1(CC[C@H](C(=O)N3CCN(c4ncnc5c4nnn5C)CC3)CC1)N(C)CC2. The van der Waals surface area contributed by atoms with E-state index in [0.717, 1.165) is 74.7 Å². The lowest BCUT2D eigenvalue weighted by atomic mass is 9.68. The minimum absolute atomic E-state index is 0.0578.